The van der Waals surface area contributed by atoms with Gasteiger partial charge in [-0.2, -0.15) is 0 Å². The van der Waals surface area contributed by atoms with Gasteiger partial charge in [0.15, 0.2) is 0 Å². The zero-order valence-electron chi connectivity index (χ0n) is 11.9. The largest absolute Gasteiger partial charge is 0.481 e. The normalized spacial score (nSPS) is 21.6. The Hall–Kier alpha value is -1.56. The minimum absolute atomic E-state index is 0.0529. The van der Waals surface area contributed by atoms with Crippen molar-refractivity contribution in [1.82, 2.24) is 5.32 Å². The third kappa shape index (κ3) is 4.46. The fourth-order valence-electron chi connectivity index (χ4n) is 2.56. The molecule has 0 radical (unpaired) electrons. The molecule has 0 unspecified atom stereocenters. The van der Waals surface area contributed by atoms with Crippen LogP contribution in [-0.4, -0.2) is 23.1 Å². The number of hydrogen-bond acceptors (Lipinski definition) is 2. The maximum Gasteiger partial charge on any atom is 0.319 e. The third-order valence-electron chi connectivity index (χ3n) is 3.83. The van der Waals surface area contributed by atoms with E-state index in [-0.39, 0.29) is 18.0 Å². The van der Waals surface area contributed by atoms with E-state index in [9.17, 15) is 9.59 Å². The Morgan fingerprint density at radius 2 is 1.90 bits per heavy atom. The lowest BCUT2D eigenvalue weighted by atomic mass is 9.86. The van der Waals surface area contributed by atoms with E-state index in [1.165, 1.54) is 0 Å². The Balaban J connectivity index is 1.82. The van der Waals surface area contributed by atoms with Crippen LogP contribution < -0.4 is 10.6 Å². The Kier molecular flexibility index (Phi) is 5.22. The molecule has 0 bridgehead atoms. The van der Waals surface area contributed by atoms with Crippen molar-refractivity contribution in [3.05, 3.63) is 28.2 Å². The van der Waals surface area contributed by atoms with Crippen LogP contribution in [0.1, 0.15) is 31.2 Å². The van der Waals surface area contributed by atoms with Crippen LogP contribution in [0.4, 0.5) is 10.5 Å². The van der Waals surface area contributed by atoms with E-state index in [1.54, 1.807) is 0 Å². The van der Waals surface area contributed by atoms with Crippen molar-refractivity contribution in [3.63, 3.8) is 0 Å². The van der Waals surface area contributed by atoms with Crippen LogP contribution >= 0.6 is 15.9 Å². The van der Waals surface area contributed by atoms with Gasteiger partial charge in [0.1, 0.15) is 0 Å². The summed E-state index contributed by atoms with van der Waals surface area (Å²) < 4.78 is 1.00. The molecule has 2 amide bonds. The lowest BCUT2D eigenvalue weighted by molar-refractivity contribution is -0.142. The zero-order chi connectivity index (χ0) is 15.4. The smallest absolute Gasteiger partial charge is 0.319 e. The molecule has 2 rings (SSSR count). The monoisotopic (exact) mass is 354 g/mol. The second kappa shape index (κ2) is 6.93. The molecule has 1 aromatic rings. The molecule has 0 saturated heterocycles. The van der Waals surface area contributed by atoms with Crippen LogP contribution in [-0.2, 0) is 4.79 Å². The molecular weight excluding hydrogens is 336 g/mol. The molecular formula is C15H19BrN2O3. The molecule has 0 aliphatic heterocycles. The number of aliphatic carboxylic acids is 1. The van der Waals surface area contributed by atoms with Crippen LogP contribution in [0, 0.1) is 12.8 Å². The quantitative estimate of drug-likeness (QED) is 0.776. The molecule has 21 heavy (non-hydrogen) atoms. The van der Waals surface area contributed by atoms with E-state index >= 15 is 0 Å². The number of hydrogen-bond donors (Lipinski definition) is 3. The summed E-state index contributed by atoms with van der Waals surface area (Å²) in [5.74, 6) is -0.997. The molecule has 1 aliphatic rings. The molecule has 0 spiro atoms. The highest BCUT2D eigenvalue weighted by Gasteiger charge is 2.26. The predicted octanol–water partition coefficient (Wildman–Crippen LogP) is 3.52. The molecule has 1 saturated carbocycles. The van der Waals surface area contributed by atoms with Gasteiger partial charge in [-0.15, -0.1) is 0 Å². The first kappa shape index (κ1) is 15.8. The number of aryl methyl sites for hydroxylation is 1. The molecule has 6 heteroatoms. The van der Waals surface area contributed by atoms with Crippen molar-refractivity contribution >= 4 is 33.6 Å². The first-order valence-corrected chi connectivity index (χ1v) is 7.81. The lowest BCUT2D eigenvalue weighted by Gasteiger charge is -2.26. The van der Waals surface area contributed by atoms with Gasteiger partial charge in [-0.25, -0.2) is 4.79 Å². The first-order chi connectivity index (χ1) is 9.95. The Morgan fingerprint density at radius 1 is 1.24 bits per heavy atom. The standard InChI is InChI=1S/C15H19BrN2O3/c1-9-8-12(6-7-13(9)16)18-15(21)17-11-4-2-10(3-5-11)14(19)20/h6-8,10-11H,2-5H2,1H3,(H,19,20)(H2,17,18,21). The third-order valence-corrected chi connectivity index (χ3v) is 4.72. The van der Waals surface area contributed by atoms with E-state index in [1.807, 2.05) is 25.1 Å². The molecule has 1 aliphatic carbocycles. The second-order valence-corrected chi connectivity index (χ2v) is 6.30. The van der Waals surface area contributed by atoms with E-state index in [0.717, 1.165) is 15.7 Å². The van der Waals surface area contributed by atoms with Gasteiger partial charge in [0.2, 0.25) is 0 Å². The van der Waals surface area contributed by atoms with Crippen LogP contribution in [0.25, 0.3) is 0 Å². The summed E-state index contributed by atoms with van der Waals surface area (Å²) in [6.07, 6.45) is 2.67. The number of carboxylic acid groups (broad SMARTS) is 1. The second-order valence-electron chi connectivity index (χ2n) is 5.45. The zero-order valence-corrected chi connectivity index (χ0v) is 13.4. The molecule has 5 nitrogen and oxygen atoms in total. The average Bonchev–Trinajstić information content (AvgIpc) is 2.43. The van der Waals surface area contributed by atoms with Crippen LogP contribution in [0.5, 0.6) is 0 Å². The summed E-state index contributed by atoms with van der Waals surface area (Å²) in [6, 6.07) is 5.43. The highest BCUT2D eigenvalue weighted by molar-refractivity contribution is 9.10. The van der Waals surface area contributed by atoms with Gasteiger partial charge >= 0.3 is 12.0 Å². The summed E-state index contributed by atoms with van der Waals surface area (Å²) in [4.78, 5) is 22.8. The van der Waals surface area contributed by atoms with Crippen molar-refractivity contribution in [2.45, 2.75) is 38.6 Å². The van der Waals surface area contributed by atoms with Gasteiger partial charge in [0.25, 0.3) is 0 Å². The van der Waals surface area contributed by atoms with Crippen molar-refractivity contribution < 1.29 is 14.7 Å². The summed E-state index contributed by atoms with van der Waals surface area (Å²) in [6.45, 7) is 1.96. The number of anilines is 1. The van der Waals surface area contributed by atoms with Gasteiger partial charge in [0.05, 0.1) is 5.92 Å². The number of nitrogens with one attached hydrogen (secondary N) is 2. The predicted molar refractivity (Wildman–Crippen MR) is 84.4 cm³/mol. The molecule has 114 valence electrons. The van der Waals surface area contributed by atoms with Gasteiger partial charge in [-0.1, -0.05) is 15.9 Å². The summed E-state index contributed by atoms with van der Waals surface area (Å²) >= 11 is 3.42. The highest BCUT2D eigenvalue weighted by atomic mass is 79.9. The van der Waals surface area contributed by atoms with Gasteiger partial charge in [0, 0.05) is 16.2 Å². The number of carbonyl (C=O) groups is 2. The van der Waals surface area contributed by atoms with E-state index < -0.39 is 5.97 Å². The first-order valence-electron chi connectivity index (χ1n) is 7.02. The number of benzene rings is 1. The van der Waals surface area contributed by atoms with Gasteiger partial charge in [-0.3, -0.25) is 4.79 Å². The Morgan fingerprint density at radius 3 is 2.48 bits per heavy atom. The summed E-state index contributed by atoms with van der Waals surface area (Å²) in [5, 5.41) is 14.7. The summed E-state index contributed by atoms with van der Waals surface area (Å²) in [7, 11) is 0. The van der Waals surface area contributed by atoms with Crippen LogP contribution in [0.3, 0.4) is 0 Å². The molecule has 0 atom stereocenters. The maximum atomic E-state index is 11.9. The van der Waals surface area contributed by atoms with Crippen molar-refractivity contribution in [3.8, 4) is 0 Å². The number of halogens is 1. The number of carbonyl (C=O) groups excluding carboxylic acids is 1. The molecule has 1 fully saturated rings. The fourth-order valence-corrected chi connectivity index (χ4v) is 2.81. The van der Waals surface area contributed by atoms with Gasteiger partial charge in [-0.05, 0) is 56.4 Å². The Labute approximate surface area is 132 Å². The number of amides is 2. The fraction of sp³-hybridized carbons (Fsp3) is 0.467. The van der Waals surface area contributed by atoms with E-state index in [0.29, 0.717) is 25.7 Å². The van der Waals surface area contributed by atoms with E-state index in [2.05, 4.69) is 26.6 Å². The van der Waals surface area contributed by atoms with Crippen molar-refractivity contribution in [1.29, 1.82) is 0 Å². The minimum atomic E-state index is -0.733. The molecule has 0 aromatic heterocycles. The van der Waals surface area contributed by atoms with Gasteiger partial charge < -0.3 is 15.7 Å². The maximum absolute atomic E-state index is 11.9. The van der Waals surface area contributed by atoms with Crippen molar-refractivity contribution in [2.24, 2.45) is 5.92 Å². The van der Waals surface area contributed by atoms with Crippen LogP contribution in [0.2, 0.25) is 0 Å². The molecule has 1 aromatic carbocycles. The van der Waals surface area contributed by atoms with E-state index in [4.69, 9.17) is 5.11 Å². The molecule has 0 heterocycles. The van der Waals surface area contributed by atoms with Crippen LogP contribution in [0.15, 0.2) is 22.7 Å². The number of carboxylic acids is 1. The Bertz CT molecular complexity index is 540. The highest BCUT2D eigenvalue weighted by Crippen LogP contribution is 2.24. The lowest BCUT2D eigenvalue weighted by Crippen LogP contribution is -2.40. The average molecular weight is 355 g/mol. The molecule has 3 N–H and O–H groups in total. The number of urea groups is 1. The topological polar surface area (TPSA) is 78.4 Å². The number of rotatable bonds is 3. The minimum Gasteiger partial charge on any atom is -0.481 e. The summed E-state index contributed by atoms with van der Waals surface area (Å²) in [5.41, 5.74) is 1.79. The van der Waals surface area contributed by atoms with Crippen molar-refractivity contribution in [2.75, 3.05) is 5.32 Å². The SMILES string of the molecule is Cc1cc(NC(=O)NC2CCC(C(=O)O)CC2)ccc1Br.